The van der Waals surface area contributed by atoms with Crippen molar-refractivity contribution in [1.82, 2.24) is 0 Å². The molecule has 1 rings (SSSR count). The summed E-state index contributed by atoms with van der Waals surface area (Å²) in [6, 6.07) is 0. The molecule has 2 atom stereocenters. The Morgan fingerprint density at radius 3 is 2.07 bits per heavy atom. The fraction of sp³-hybridized carbons (Fsp3) is 0.778. The lowest BCUT2D eigenvalue weighted by Crippen LogP contribution is -2.21. The average molecular weight is 232 g/mol. The van der Waals surface area contributed by atoms with E-state index in [0.29, 0.717) is 0 Å². The molecule has 6 heteroatoms. The van der Waals surface area contributed by atoms with Gasteiger partial charge < -0.3 is 0 Å². The number of hydrogen-bond acceptors (Lipinski definition) is 0. The van der Waals surface area contributed by atoms with E-state index >= 15 is 0 Å². The zero-order chi connectivity index (χ0) is 12.1. The Morgan fingerprint density at radius 2 is 1.73 bits per heavy atom. The minimum atomic E-state index is -4.60. The van der Waals surface area contributed by atoms with E-state index in [4.69, 9.17) is 0 Å². The van der Waals surface area contributed by atoms with E-state index in [9.17, 15) is 26.3 Å². The Bertz CT molecular complexity index is 273. The molecule has 0 heterocycles. The van der Waals surface area contributed by atoms with Crippen LogP contribution in [0.4, 0.5) is 26.3 Å². The number of alkyl halides is 6. The summed E-state index contributed by atoms with van der Waals surface area (Å²) in [7, 11) is 0. The van der Waals surface area contributed by atoms with Gasteiger partial charge >= 0.3 is 12.4 Å². The van der Waals surface area contributed by atoms with Gasteiger partial charge in [-0.25, -0.2) is 0 Å². The topological polar surface area (TPSA) is 0 Å². The molecule has 0 radical (unpaired) electrons. The van der Waals surface area contributed by atoms with Crippen LogP contribution in [0.15, 0.2) is 12.2 Å². The summed E-state index contributed by atoms with van der Waals surface area (Å²) in [6.45, 7) is 4.03. The van der Waals surface area contributed by atoms with Crippen LogP contribution in [0.1, 0.15) is 19.8 Å². The summed E-state index contributed by atoms with van der Waals surface area (Å²) < 4.78 is 72.4. The van der Waals surface area contributed by atoms with Crippen molar-refractivity contribution in [3.8, 4) is 0 Å². The van der Waals surface area contributed by atoms with Gasteiger partial charge in [0.15, 0.2) is 0 Å². The second-order valence-electron chi connectivity index (χ2n) is 4.11. The van der Waals surface area contributed by atoms with Gasteiger partial charge in [0, 0.05) is 17.4 Å². The average Bonchev–Trinajstić information content (AvgIpc) is 2.55. The lowest BCUT2D eigenvalue weighted by Gasteiger charge is -2.18. The van der Waals surface area contributed by atoms with Crippen LogP contribution >= 0.6 is 0 Å². The number of allylic oxidation sites excluding steroid dienone is 1. The van der Waals surface area contributed by atoms with Crippen molar-refractivity contribution < 1.29 is 26.3 Å². The molecule has 1 fully saturated rings. The quantitative estimate of drug-likeness (QED) is 0.497. The van der Waals surface area contributed by atoms with Gasteiger partial charge in [-0.05, 0) is 12.3 Å². The summed E-state index contributed by atoms with van der Waals surface area (Å²) in [5.41, 5.74) is -2.47. The molecule has 0 saturated heterocycles. The van der Waals surface area contributed by atoms with Crippen molar-refractivity contribution in [1.29, 1.82) is 0 Å². The van der Waals surface area contributed by atoms with Gasteiger partial charge in [0.1, 0.15) is 0 Å². The van der Waals surface area contributed by atoms with Crippen molar-refractivity contribution >= 4 is 0 Å². The smallest absolute Gasteiger partial charge is 0.171 e. The van der Waals surface area contributed by atoms with Crippen molar-refractivity contribution in [3.05, 3.63) is 12.2 Å². The van der Waals surface area contributed by atoms with Crippen LogP contribution in [0.3, 0.4) is 0 Å². The van der Waals surface area contributed by atoms with Crippen molar-refractivity contribution in [2.24, 2.45) is 11.3 Å². The monoisotopic (exact) mass is 232 g/mol. The first-order valence-electron chi connectivity index (χ1n) is 4.30. The molecule has 1 aliphatic carbocycles. The predicted molar refractivity (Wildman–Crippen MR) is 42.1 cm³/mol. The molecule has 15 heavy (non-hydrogen) atoms. The Labute approximate surface area is 83.0 Å². The third kappa shape index (κ3) is 2.66. The molecule has 0 spiro atoms. The molecule has 0 aromatic carbocycles. The van der Waals surface area contributed by atoms with E-state index in [1.807, 2.05) is 0 Å². The molecule has 0 amide bonds. The molecule has 1 aliphatic rings. The highest BCUT2D eigenvalue weighted by molar-refractivity contribution is 5.25. The highest BCUT2D eigenvalue weighted by Crippen LogP contribution is 2.63. The van der Waals surface area contributed by atoms with Gasteiger partial charge in [-0.1, -0.05) is 13.5 Å². The molecule has 0 nitrogen and oxygen atoms in total. The van der Waals surface area contributed by atoms with Crippen LogP contribution in [0.5, 0.6) is 0 Å². The maximum absolute atomic E-state index is 12.2. The Balaban J connectivity index is 2.64. The molecular weight excluding hydrogens is 222 g/mol. The van der Waals surface area contributed by atoms with Gasteiger partial charge in [0.05, 0.1) is 0 Å². The zero-order valence-electron chi connectivity index (χ0n) is 7.97. The summed E-state index contributed by atoms with van der Waals surface area (Å²) in [5, 5.41) is 0. The fourth-order valence-electron chi connectivity index (χ4n) is 1.72. The maximum atomic E-state index is 12.2. The van der Waals surface area contributed by atoms with Gasteiger partial charge in [-0.15, -0.1) is 0 Å². The lowest BCUT2D eigenvalue weighted by molar-refractivity contribution is -0.141. The van der Waals surface area contributed by atoms with Crippen molar-refractivity contribution in [2.45, 2.75) is 32.1 Å². The summed E-state index contributed by atoms with van der Waals surface area (Å²) in [4.78, 5) is 0. The molecule has 0 aliphatic heterocycles. The molecule has 0 aromatic rings. The van der Waals surface area contributed by atoms with E-state index in [1.54, 1.807) is 0 Å². The van der Waals surface area contributed by atoms with Gasteiger partial charge in [-0.3, -0.25) is 0 Å². The first-order chi connectivity index (χ1) is 6.47. The van der Waals surface area contributed by atoms with E-state index in [2.05, 4.69) is 6.58 Å². The van der Waals surface area contributed by atoms with Crippen molar-refractivity contribution in [3.63, 3.8) is 0 Å². The first-order valence-corrected chi connectivity index (χ1v) is 4.30. The number of halogens is 6. The highest BCUT2D eigenvalue weighted by Gasteiger charge is 2.60. The Hall–Kier alpha value is -0.680. The standard InChI is InChI=1S/C9H10F6/c1-5(9(13,14)15)7(2)3-6(7)4-8(10,11)12/h6H,1,3-4H2,2H3. The zero-order valence-corrected chi connectivity index (χ0v) is 7.97. The molecule has 0 aromatic heterocycles. The second-order valence-corrected chi connectivity index (χ2v) is 4.11. The van der Waals surface area contributed by atoms with Crippen LogP contribution in [0.2, 0.25) is 0 Å². The number of rotatable bonds is 2. The van der Waals surface area contributed by atoms with Gasteiger partial charge in [-0.2, -0.15) is 26.3 Å². The van der Waals surface area contributed by atoms with E-state index < -0.39 is 35.7 Å². The maximum Gasteiger partial charge on any atom is 0.412 e. The van der Waals surface area contributed by atoms with Crippen LogP contribution < -0.4 is 0 Å². The Kier molecular flexibility index (Phi) is 2.60. The van der Waals surface area contributed by atoms with Crippen LogP contribution in [0, 0.1) is 11.3 Å². The highest BCUT2D eigenvalue weighted by atomic mass is 19.4. The van der Waals surface area contributed by atoms with Crippen LogP contribution in [-0.2, 0) is 0 Å². The SMILES string of the molecule is C=C(C(F)(F)F)C1(C)CC1CC(F)(F)F. The predicted octanol–water partition coefficient (Wildman–Crippen LogP) is 4.08. The third-order valence-corrected chi connectivity index (χ3v) is 2.92. The summed E-state index contributed by atoms with van der Waals surface area (Å²) in [6.07, 6.45) is -10.3. The largest absolute Gasteiger partial charge is 0.412 e. The van der Waals surface area contributed by atoms with E-state index in [-0.39, 0.29) is 6.42 Å². The first kappa shape index (κ1) is 12.4. The molecule has 2 unspecified atom stereocenters. The summed E-state index contributed by atoms with van der Waals surface area (Å²) >= 11 is 0. The minimum Gasteiger partial charge on any atom is -0.171 e. The molecule has 0 bridgehead atoms. The summed E-state index contributed by atoms with van der Waals surface area (Å²) in [5.74, 6) is -0.980. The van der Waals surface area contributed by atoms with Gasteiger partial charge in [0.2, 0.25) is 0 Å². The normalized spacial score (nSPS) is 31.5. The molecule has 88 valence electrons. The molecule has 1 saturated carbocycles. The third-order valence-electron chi connectivity index (χ3n) is 2.92. The molecular formula is C9H10F6. The van der Waals surface area contributed by atoms with Gasteiger partial charge in [0.25, 0.3) is 0 Å². The van der Waals surface area contributed by atoms with Crippen LogP contribution in [0.25, 0.3) is 0 Å². The van der Waals surface area contributed by atoms with E-state index in [1.165, 1.54) is 6.92 Å². The van der Waals surface area contributed by atoms with E-state index in [0.717, 1.165) is 0 Å². The number of hydrogen-bond donors (Lipinski definition) is 0. The van der Waals surface area contributed by atoms with Crippen molar-refractivity contribution in [2.75, 3.05) is 0 Å². The molecule has 0 N–H and O–H groups in total. The second kappa shape index (κ2) is 3.15. The van der Waals surface area contributed by atoms with Crippen LogP contribution in [-0.4, -0.2) is 12.4 Å². The fourth-order valence-corrected chi connectivity index (χ4v) is 1.72. The lowest BCUT2D eigenvalue weighted by atomic mass is 9.95. The minimum absolute atomic E-state index is 0.0924. The Morgan fingerprint density at radius 1 is 1.27 bits per heavy atom.